The lowest BCUT2D eigenvalue weighted by Gasteiger charge is -2.32. The van der Waals surface area contributed by atoms with Crippen molar-refractivity contribution in [1.82, 2.24) is 20.4 Å². The van der Waals surface area contributed by atoms with Crippen LogP contribution in [0.15, 0.2) is 12.4 Å². The highest BCUT2D eigenvalue weighted by Crippen LogP contribution is 2.29. The van der Waals surface area contributed by atoms with Crippen LogP contribution < -0.4 is 10.6 Å². The zero-order chi connectivity index (χ0) is 15.9. The molecule has 1 aromatic heterocycles. The van der Waals surface area contributed by atoms with Gasteiger partial charge in [0.2, 0.25) is 5.91 Å². The van der Waals surface area contributed by atoms with Crippen LogP contribution in [0.2, 0.25) is 0 Å². The summed E-state index contributed by atoms with van der Waals surface area (Å²) in [5.74, 6) is -0.0604. The molecule has 7 heteroatoms. The summed E-state index contributed by atoms with van der Waals surface area (Å²) in [7, 11) is 3.59. The predicted molar refractivity (Wildman–Crippen MR) is 90.0 cm³/mol. The normalized spacial score (nSPS) is 12.6. The highest BCUT2D eigenvalue weighted by molar-refractivity contribution is 5.85. The third-order valence-electron chi connectivity index (χ3n) is 4.39. The third kappa shape index (κ3) is 5.26. The maximum Gasteiger partial charge on any atom is 0.241 e. The minimum atomic E-state index is -0.403. The van der Waals surface area contributed by atoms with Crippen molar-refractivity contribution < 1.29 is 9.90 Å². The molecular weight excluding hydrogens is 304 g/mol. The number of nitrogens with one attached hydrogen (secondary N) is 2. The number of halogens is 1. The van der Waals surface area contributed by atoms with E-state index < -0.39 is 6.04 Å². The fraction of sp³-hybridized carbons (Fsp3) is 0.733. The second kappa shape index (κ2) is 9.82. The first kappa shape index (κ1) is 20.9. The lowest BCUT2D eigenvalue weighted by molar-refractivity contribution is -0.123. The van der Waals surface area contributed by atoms with E-state index in [2.05, 4.69) is 29.6 Å². The van der Waals surface area contributed by atoms with Gasteiger partial charge in [-0.25, -0.2) is 0 Å². The SMILES string of the molecule is CCC(CC)(CCO)CNC(=O)C(NC)c1cnn(C)c1.Cl. The largest absolute Gasteiger partial charge is 0.396 e. The van der Waals surface area contributed by atoms with Gasteiger partial charge >= 0.3 is 0 Å². The van der Waals surface area contributed by atoms with E-state index in [1.807, 2.05) is 13.2 Å². The Morgan fingerprint density at radius 1 is 1.45 bits per heavy atom. The number of carbonyl (C=O) groups is 1. The summed E-state index contributed by atoms with van der Waals surface area (Å²) in [6, 6.07) is -0.403. The molecule has 128 valence electrons. The van der Waals surface area contributed by atoms with Gasteiger partial charge in [-0.05, 0) is 31.7 Å². The van der Waals surface area contributed by atoms with E-state index >= 15 is 0 Å². The predicted octanol–water partition coefficient (Wildman–Crippen LogP) is 1.41. The van der Waals surface area contributed by atoms with E-state index in [0.29, 0.717) is 13.0 Å². The van der Waals surface area contributed by atoms with Crippen molar-refractivity contribution in [3.8, 4) is 0 Å². The molecule has 0 aromatic carbocycles. The number of aryl methyl sites for hydroxylation is 1. The Kier molecular flexibility index (Phi) is 9.32. The van der Waals surface area contributed by atoms with Gasteiger partial charge in [0.1, 0.15) is 6.04 Å². The Hall–Kier alpha value is -1.11. The molecule has 1 rings (SSSR count). The molecule has 0 aliphatic carbocycles. The van der Waals surface area contributed by atoms with Crippen LogP contribution in [-0.4, -0.2) is 41.0 Å². The first-order chi connectivity index (χ1) is 10.0. The van der Waals surface area contributed by atoms with E-state index in [-0.39, 0.29) is 30.3 Å². The Bertz CT molecular complexity index is 447. The van der Waals surface area contributed by atoms with Crippen LogP contribution in [0, 0.1) is 5.41 Å². The van der Waals surface area contributed by atoms with E-state index in [4.69, 9.17) is 0 Å². The molecule has 0 saturated carbocycles. The molecule has 0 radical (unpaired) electrons. The van der Waals surface area contributed by atoms with Gasteiger partial charge in [-0.1, -0.05) is 13.8 Å². The number of aliphatic hydroxyl groups is 1. The second-order valence-electron chi connectivity index (χ2n) is 5.57. The van der Waals surface area contributed by atoms with E-state index in [9.17, 15) is 9.90 Å². The van der Waals surface area contributed by atoms with Crippen LogP contribution >= 0.6 is 12.4 Å². The number of aliphatic hydroxyl groups excluding tert-OH is 1. The summed E-state index contributed by atoms with van der Waals surface area (Å²) >= 11 is 0. The van der Waals surface area contributed by atoms with Crippen LogP contribution in [0.3, 0.4) is 0 Å². The van der Waals surface area contributed by atoms with Crippen LogP contribution in [0.1, 0.15) is 44.7 Å². The molecule has 1 atom stereocenters. The van der Waals surface area contributed by atoms with Crippen molar-refractivity contribution in [2.45, 2.75) is 39.2 Å². The fourth-order valence-electron chi connectivity index (χ4n) is 2.59. The number of nitrogens with zero attached hydrogens (tertiary/aromatic N) is 2. The molecule has 1 amide bonds. The van der Waals surface area contributed by atoms with Crippen LogP contribution in [0.5, 0.6) is 0 Å². The summed E-state index contributed by atoms with van der Waals surface area (Å²) in [6.07, 6.45) is 6.10. The van der Waals surface area contributed by atoms with Gasteiger partial charge in [0, 0.05) is 32.0 Å². The monoisotopic (exact) mass is 332 g/mol. The zero-order valence-corrected chi connectivity index (χ0v) is 14.7. The summed E-state index contributed by atoms with van der Waals surface area (Å²) in [4.78, 5) is 12.4. The molecule has 6 nitrogen and oxygen atoms in total. The highest BCUT2D eigenvalue weighted by atomic mass is 35.5. The van der Waals surface area contributed by atoms with Crippen LogP contribution in [0.4, 0.5) is 0 Å². The summed E-state index contributed by atoms with van der Waals surface area (Å²) in [5, 5.41) is 19.4. The molecule has 3 N–H and O–H groups in total. The van der Waals surface area contributed by atoms with Gasteiger partial charge in [-0.3, -0.25) is 9.48 Å². The second-order valence-corrected chi connectivity index (χ2v) is 5.57. The first-order valence-corrected chi connectivity index (χ1v) is 7.56. The van der Waals surface area contributed by atoms with Gasteiger partial charge in [-0.15, -0.1) is 12.4 Å². The van der Waals surface area contributed by atoms with Crippen molar-refractivity contribution >= 4 is 18.3 Å². The van der Waals surface area contributed by atoms with Gasteiger partial charge < -0.3 is 15.7 Å². The molecule has 0 fully saturated rings. The molecule has 0 spiro atoms. The average molecular weight is 333 g/mol. The quantitative estimate of drug-likeness (QED) is 0.639. The highest BCUT2D eigenvalue weighted by Gasteiger charge is 2.28. The average Bonchev–Trinajstić information content (AvgIpc) is 2.90. The summed E-state index contributed by atoms with van der Waals surface area (Å²) in [5.41, 5.74) is 0.815. The van der Waals surface area contributed by atoms with Crippen molar-refractivity contribution in [1.29, 1.82) is 0 Å². The minimum Gasteiger partial charge on any atom is -0.396 e. The zero-order valence-electron chi connectivity index (χ0n) is 13.9. The lowest BCUT2D eigenvalue weighted by atomic mass is 9.79. The minimum absolute atomic E-state index is 0. The Labute approximate surface area is 139 Å². The molecule has 1 unspecified atom stereocenters. The van der Waals surface area contributed by atoms with Gasteiger partial charge in [0.05, 0.1) is 6.20 Å². The number of amides is 1. The molecule has 0 aliphatic rings. The third-order valence-corrected chi connectivity index (χ3v) is 4.39. The molecular formula is C15H29ClN4O2. The smallest absolute Gasteiger partial charge is 0.241 e. The van der Waals surface area contributed by atoms with Crippen molar-refractivity contribution in [2.24, 2.45) is 12.5 Å². The Morgan fingerprint density at radius 3 is 2.50 bits per heavy atom. The number of likely N-dealkylation sites (N-methyl/N-ethyl adjacent to an activating group) is 1. The van der Waals surface area contributed by atoms with Crippen molar-refractivity contribution in [2.75, 3.05) is 20.2 Å². The maximum absolute atomic E-state index is 12.4. The van der Waals surface area contributed by atoms with E-state index in [1.165, 1.54) is 0 Å². The van der Waals surface area contributed by atoms with Crippen molar-refractivity contribution in [3.05, 3.63) is 18.0 Å². The number of hydrogen-bond donors (Lipinski definition) is 3. The number of carbonyl (C=O) groups excluding carboxylic acids is 1. The Balaban J connectivity index is 0.00000441. The van der Waals surface area contributed by atoms with Gasteiger partial charge in [0.25, 0.3) is 0 Å². The maximum atomic E-state index is 12.4. The molecule has 0 aliphatic heterocycles. The topological polar surface area (TPSA) is 79.2 Å². The fourth-order valence-corrected chi connectivity index (χ4v) is 2.59. The molecule has 0 saturated heterocycles. The molecule has 22 heavy (non-hydrogen) atoms. The van der Waals surface area contributed by atoms with Crippen molar-refractivity contribution in [3.63, 3.8) is 0 Å². The number of aromatic nitrogens is 2. The standard InChI is InChI=1S/C15H28N4O2.ClH/c1-5-15(6-2,7-8-20)11-17-14(21)13(16-3)12-9-18-19(4)10-12;/h9-10,13,16,20H,5-8,11H2,1-4H3,(H,17,21);1H. The van der Waals surface area contributed by atoms with Crippen LogP contribution in [-0.2, 0) is 11.8 Å². The lowest BCUT2D eigenvalue weighted by Crippen LogP contribution is -2.42. The molecule has 0 bridgehead atoms. The number of hydrogen-bond acceptors (Lipinski definition) is 4. The van der Waals surface area contributed by atoms with E-state index in [1.54, 1.807) is 17.9 Å². The molecule has 1 heterocycles. The number of rotatable bonds is 9. The van der Waals surface area contributed by atoms with Gasteiger partial charge in [0.15, 0.2) is 0 Å². The molecule has 1 aromatic rings. The summed E-state index contributed by atoms with van der Waals surface area (Å²) in [6.45, 7) is 4.93. The Morgan fingerprint density at radius 2 is 2.09 bits per heavy atom. The summed E-state index contributed by atoms with van der Waals surface area (Å²) < 4.78 is 1.68. The first-order valence-electron chi connectivity index (χ1n) is 7.56. The van der Waals surface area contributed by atoms with Gasteiger partial charge in [-0.2, -0.15) is 5.10 Å². The van der Waals surface area contributed by atoms with E-state index in [0.717, 1.165) is 18.4 Å². The van der Waals surface area contributed by atoms with Crippen LogP contribution in [0.25, 0.3) is 0 Å².